The monoisotopic (exact) mass is 454 g/mol. The molecule has 4 nitrogen and oxygen atoms in total. The lowest BCUT2D eigenvalue weighted by Gasteiger charge is -2.23. The van der Waals surface area contributed by atoms with Gasteiger partial charge in [0.2, 0.25) is 0 Å². The smallest absolute Gasteiger partial charge is 0.200 e. The molecule has 0 bridgehead atoms. The van der Waals surface area contributed by atoms with Gasteiger partial charge in [0.1, 0.15) is 0 Å². The van der Waals surface area contributed by atoms with Crippen molar-refractivity contribution in [2.75, 3.05) is 0 Å². The summed E-state index contributed by atoms with van der Waals surface area (Å²) in [5, 5.41) is 4.56. The van der Waals surface area contributed by atoms with Gasteiger partial charge in [-0.05, 0) is 42.3 Å². The molecule has 6 heteroatoms. The van der Waals surface area contributed by atoms with Crippen LogP contribution in [0, 0.1) is 6.92 Å². The summed E-state index contributed by atoms with van der Waals surface area (Å²) in [6.07, 6.45) is 0.519. The zero-order valence-electron chi connectivity index (χ0n) is 15.3. The largest absolute Gasteiger partial charge is 0.279 e. The molecule has 1 aliphatic heterocycles. The molecule has 0 saturated heterocycles. The Morgan fingerprint density at radius 3 is 2.36 bits per heavy atom. The molecule has 3 aromatic carbocycles. The van der Waals surface area contributed by atoms with Crippen LogP contribution in [0.15, 0.2) is 93.3 Å². The number of sulfonamides is 1. The minimum absolute atomic E-state index is 0.246. The van der Waals surface area contributed by atoms with E-state index in [-0.39, 0.29) is 10.9 Å². The van der Waals surface area contributed by atoms with E-state index in [1.807, 2.05) is 61.5 Å². The normalized spacial score (nSPS) is 16.9. The van der Waals surface area contributed by atoms with Crippen molar-refractivity contribution in [1.82, 2.24) is 4.41 Å². The summed E-state index contributed by atoms with van der Waals surface area (Å²) >= 11 is 3.49. The minimum Gasteiger partial charge on any atom is -0.200 e. The van der Waals surface area contributed by atoms with Crippen molar-refractivity contribution in [2.45, 2.75) is 24.3 Å². The molecule has 0 radical (unpaired) electrons. The second-order valence-corrected chi connectivity index (χ2v) is 9.49. The molecule has 1 heterocycles. The first-order chi connectivity index (χ1) is 13.4. The highest BCUT2D eigenvalue weighted by Crippen LogP contribution is 2.37. The fraction of sp³-hybridized carbons (Fsp3) is 0.136. The number of hydrogen-bond donors (Lipinski definition) is 0. The number of rotatable bonds is 4. The number of hydrogen-bond acceptors (Lipinski definition) is 3. The molecule has 0 aliphatic carbocycles. The molecule has 142 valence electrons. The number of nitrogens with zero attached hydrogens (tertiary/aromatic N) is 2. The molecule has 3 aromatic rings. The maximum Gasteiger partial charge on any atom is 0.279 e. The third kappa shape index (κ3) is 3.62. The Hall–Kier alpha value is -2.44. The van der Waals surface area contributed by atoms with Crippen LogP contribution in [0.25, 0.3) is 0 Å². The molecule has 4 rings (SSSR count). The van der Waals surface area contributed by atoms with E-state index >= 15 is 0 Å². The minimum atomic E-state index is -3.78. The Morgan fingerprint density at radius 2 is 1.68 bits per heavy atom. The summed E-state index contributed by atoms with van der Waals surface area (Å²) in [6.45, 7) is 1.93. The van der Waals surface area contributed by atoms with Crippen molar-refractivity contribution in [2.24, 2.45) is 5.10 Å². The Balaban J connectivity index is 1.81. The molecule has 0 spiro atoms. The molecule has 0 N–H and O–H groups in total. The van der Waals surface area contributed by atoms with E-state index in [9.17, 15) is 8.42 Å². The maximum absolute atomic E-state index is 13.4. The fourth-order valence-electron chi connectivity index (χ4n) is 3.30. The van der Waals surface area contributed by atoms with Crippen LogP contribution < -0.4 is 0 Å². The van der Waals surface area contributed by atoms with Gasteiger partial charge in [-0.1, -0.05) is 76.1 Å². The summed E-state index contributed by atoms with van der Waals surface area (Å²) in [4.78, 5) is 0.246. The fourth-order valence-corrected chi connectivity index (χ4v) is 5.15. The van der Waals surface area contributed by atoms with E-state index < -0.39 is 10.0 Å². The number of aryl methyl sites for hydroxylation is 1. The first-order valence-corrected chi connectivity index (χ1v) is 11.2. The van der Waals surface area contributed by atoms with Gasteiger partial charge in [0, 0.05) is 10.9 Å². The molecule has 1 atom stereocenters. The molecule has 1 aliphatic rings. The SMILES string of the molecule is Cc1ccc(S(=O)(=O)N2N=C(c3ccccc3)CC2c2cccc(Br)c2)cc1. The highest BCUT2D eigenvalue weighted by Gasteiger charge is 2.37. The number of hydrazone groups is 1. The number of benzene rings is 3. The molecule has 0 saturated carbocycles. The molecule has 1 unspecified atom stereocenters. The van der Waals surface area contributed by atoms with Crippen LogP contribution in [0.1, 0.15) is 29.2 Å². The second kappa shape index (κ2) is 7.53. The Bertz CT molecular complexity index is 1130. The van der Waals surface area contributed by atoms with E-state index in [1.54, 1.807) is 24.3 Å². The van der Waals surface area contributed by atoms with Crippen LogP contribution in [-0.4, -0.2) is 18.5 Å². The summed E-state index contributed by atoms with van der Waals surface area (Å²) < 4.78 is 29.0. The van der Waals surface area contributed by atoms with E-state index in [0.717, 1.165) is 26.9 Å². The average Bonchev–Trinajstić information content (AvgIpc) is 3.15. The summed E-state index contributed by atoms with van der Waals surface area (Å²) in [6, 6.07) is 23.9. The molecule has 0 amide bonds. The van der Waals surface area contributed by atoms with E-state index in [2.05, 4.69) is 21.0 Å². The Kier molecular flexibility index (Phi) is 5.08. The number of halogens is 1. The Morgan fingerprint density at radius 1 is 0.964 bits per heavy atom. The van der Waals surface area contributed by atoms with Crippen LogP contribution in [0.3, 0.4) is 0 Å². The summed E-state index contributed by atoms with van der Waals surface area (Å²) in [7, 11) is -3.78. The molecular formula is C22H19BrN2O2S. The second-order valence-electron chi connectivity index (χ2n) is 6.78. The first-order valence-electron chi connectivity index (χ1n) is 8.94. The zero-order valence-corrected chi connectivity index (χ0v) is 17.7. The molecule has 0 aromatic heterocycles. The van der Waals surface area contributed by atoms with Crippen LogP contribution in [-0.2, 0) is 10.0 Å². The van der Waals surface area contributed by atoms with Crippen molar-refractivity contribution >= 4 is 31.7 Å². The van der Waals surface area contributed by atoms with Crippen molar-refractivity contribution in [3.8, 4) is 0 Å². The van der Waals surface area contributed by atoms with Gasteiger partial charge in [-0.2, -0.15) is 17.9 Å². The molecule has 28 heavy (non-hydrogen) atoms. The predicted octanol–water partition coefficient (Wildman–Crippen LogP) is 5.30. The predicted molar refractivity (Wildman–Crippen MR) is 115 cm³/mol. The molecule has 0 fully saturated rings. The lowest BCUT2D eigenvalue weighted by atomic mass is 9.99. The Labute approximate surface area is 173 Å². The topological polar surface area (TPSA) is 49.7 Å². The summed E-state index contributed by atoms with van der Waals surface area (Å²) in [5.74, 6) is 0. The van der Waals surface area contributed by atoms with Gasteiger partial charge in [-0.3, -0.25) is 0 Å². The van der Waals surface area contributed by atoms with E-state index in [1.165, 1.54) is 4.41 Å². The van der Waals surface area contributed by atoms with Crippen LogP contribution in [0.5, 0.6) is 0 Å². The van der Waals surface area contributed by atoms with Gasteiger partial charge in [-0.25, -0.2) is 0 Å². The highest BCUT2D eigenvalue weighted by molar-refractivity contribution is 9.10. The highest BCUT2D eigenvalue weighted by atomic mass is 79.9. The first kappa shape index (κ1) is 18.9. The van der Waals surface area contributed by atoms with Gasteiger partial charge in [0.15, 0.2) is 0 Å². The quantitative estimate of drug-likeness (QED) is 0.536. The lowest BCUT2D eigenvalue weighted by molar-refractivity contribution is 0.371. The van der Waals surface area contributed by atoms with Crippen LogP contribution in [0.2, 0.25) is 0 Å². The van der Waals surface area contributed by atoms with Crippen molar-refractivity contribution < 1.29 is 8.42 Å². The maximum atomic E-state index is 13.4. The van der Waals surface area contributed by atoms with E-state index in [4.69, 9.17) is 0 Å². The zero-order chi connectivity index (χ0) is 19.7. The third-order valence-electron chi connectivity index (χ3n) is 4.78. The van der Waals surface area contributed by atoms with Gasteiger partial charge in [0.25, 0.3) is 10.0 Å². The van der Waals surface area contributed by atoms with E-state index in [0.29, 0.717) is 6.42 Å². The van der Waals surface area contributed by atoms with Crippen molar-refractivity contribution in [3.05, 3.63) is 100 Å². The van der Waals surface area contributed by atoms with Crippen molar-refractivity contribution in [3.63, 3.8) is 0 Å². The lowest BCUT2D eigenvalue weighted by Crippen LogP contribution is -2.27. The molecular weight excluding hydrogens is 436 g/mol. The third-order valence-corrected chi connectivity index (χ3v) is 6.97. The summed E-state index contributed by atoms with van der Waals surface area (Å²) in [5.41, 5.74) is 3.61. The van der Waals surface area contributed by atoms with Gasteiger partial charge < -0.3 is 0 Å². The van der Waals surface area contributed by atoms with Crippen molar-refractivity contribution in [1.29, 1.82) is 0 Å². The van der Waals surface area contributed by atoms with Gasteiger partial charge in [-0.15, -0.1) is 0 Å². The average molecular weight is 455 g/mol. The van der Waals surface area contributed by atoms with Gasteiger partial charge in [0.05, 0.1) is 16.6 Å². The standard InChI is InChI=1S/C22H19BrN2O2S/c1-16-10-12-20(13-11-16)28(26,27)25-22(18-8-5-9-19(23)14-18)15-21(24-25)17-6-3-2-4-7-17/h2-14,22H,15H2,1H3. The van der Waals surface area contributed by atoms with Crippen LogP contribution in [0.4, 0.5) is 0 Å². The van der Waals surface area contributed by atoms with Gasteiger partial charge >= 0.3 is 0 Å². The van der Waals surface area contributed by atoms with Crippen LogP contribution >= 0.6 is 15.9 Å².